The first kappa shape index (κ1) is 28.3. The number of amides is 1. The van der Waals surface area contributed by atoms with Crippen LogP contribution in [0.25, 0.3) is 11.1 Å². The fourth-order valence-corrected chi connectivity index (χ4v) is 6.38. The number of pyridine rings is 1. The molecular weight excluding hydrogens is 559 g/mol. The van der Waals surface area contributed by atoms with E-state index in [9.17, 15) is 31.2 Å². The second-order valence-corrected chi connectivity index (χ2v) is 12.3. The number of nitrogens with one attached hydrogen (secondary N) is 1. The van der Waals surface area contributed by atoms with E-state index in [2.05, 4.69) is 10.1 Å². The number of alkyl halides is 3. The third-order valence-electron chi connectivity index (χ3n) is 7.06. The third-order valence-corrected chi connectivity index (χ3v) is 9.34. The van der Waals surface area contributed by atoms with Crippen molar-refractivity contribution in [1.29, 1.82) is 0 Å². The maximum absolute atomic E-state index is 13.9. The van der Waals surface area contributed by atoms with Crippen molar-refractivity contribution in [3.8, 4) is 11.1 Å². The summed E-state index contributed by atoms with van der Waals surface area (Å²) in [4.78, 5) is 30.8. The molecule has 12 heteroatoms. The van der Waals surface area contributed by atoms with Gasteiger partial charge in [0, 0.05) is 22.5 Å². The van der Waals surface area contributed by atoms with Crippen LogP contribution in [-0.4, -0.2) is 29.7 Å². The molecule has 5 rings (SSSR count). The van der Waals surface area contributed by atoms with Crippen LogP contribution in [0.4, 0.5) is 18.9 Å². The fourth-order valence-electron chi connectivity index (χ4n) is 4.72. The van der Waals surface area contributed by atoms with E-state index >= 15 is 0 Å². The lowest BCUT2D eigenvalue weighted by Crippen LogP contribution is -2.35. The summed E-state index contributed by atoms with van der Waals surface area (Å²) in [5.74, 6) is -0.375. The van der Waals surface area contributed by atoms with Crippen LogP contribution in [-0.2, 0) is 22.6 Å². The summed E-state index contributed by atoms with van der Waals surface area (Å²) in [7, 11) is -3.45. The Morgan fingerprint density at radius 2 is 1.76 bits per heavy atom. The summed E-state index contributed by atoms with van der Waals surface area (Å²) in [6.07, 6.45) is -3.47. The van der Waals surface area contributed by atoms with Gasteiger partial charge in [-0.25, -0.2) is 8.42 Å². The zero-order valence-electron chi connectivity index (χ0n) is 22.4. The van der Waals surface area contributed by atoms with E-state index in [4.69, 9.17) is 4.52 Å². The molecule has 8 nitrogen and oxygen atoms in total. The minimum absolute atomic E-state index is 0.0848. The average Bonchev–Trinajstić information content (AvgIpc) is 3.73. The maximum atomic E-state index is 13.9. The van der Waals surface area contributed by atoms with Gasteiger partial charge in [-0.2, -0.15) is 13.2 Å². The summed E-state index contributed by atoms with van der Waals surface area (Å²) in [6.45, 7) is 4.82. The molecule has 2 heterocycles. The minimum atomic E-state index is -4.67. The number of hydrogen-bond acceptors (Lipinski definition) is 6. The monoisotopic (exact) mass is 585 g/mol. The highest BCUT2D eigenvalue weighted by atomic mass is 32.2. The lowest BCUT2D eigenvalue weighted by Gasteiger charge is -2.24. The molecular formula is C29H26F3N3O5S. The Balaban J connectivity index is 1.59. The number of rotatable bonds is 7. The van der Waals surface area contributed by atoms with E-state index in [0.29, 0.717) is 46.7 Å². The van der Waals surface area contributed by atoms with Crippen LogP contribution in [0.1, 0.15) is 51.5 Å². The predicted molar refractivity (Wildman–Crippen MR) is 145 cm³/mol. The number of nitrogens with zero attached hydrogens (tertiary/aromatic N) is 2. The number of benzene rings is 2. The van der Waals surface area contributed by atoms with Crippen molar-refractivity contribution in [2.45, 2.75) is 56.5 Å². The van der Waals surface area contributed by atoms with Crippen LogP contribution in [0.15, 0.2) is 68.8 Å². The number of sulfone groups is 1. The quantitative estimate of drug-likeness (QED) is 0.295. The van der Waals surface area contributed by atoms with E-state index < -0.39 is 38.3 Å². The standard InChI is InChI=1S/C29H26F3N3O5S/c1-16-24(26-17(2)34-40-18(26)3)14-25(27(36)33-16)28(37)35(21-6-4-5-20(13-21)29(30,31)32)15-19-7-9-22(10-8-19)41(38,39)23-11-12-23/h4-10,13-14,23H,11-12,15H2,1-3H3,(H,33,36). The van der Waals surface area contributed by atoms with Crippen LogP contribution >= 0.6 is 0 Å². The van der Waals surface area contributed by atoms with Gasteiger partial charge in [-0.05, 0) is 75.6 Å². The lowest BCUT2D eigenvalue weighted by molar-refractivity contribution is -0.137. The van der Waals surface area contributed by atoms with Gasteiger partial charge in [0.25, 0.3) is 11.5 Å². The Morgan fingerprint density at radius 1 is 1.07 bits per heavy atom. The lowest BCUT2D eigenvalue weighted by atomic mass is 10.0. The van der Waals surface area contributed by atoms with Gasteiger partial charge >= 0.3 is 6.18 Å². The molecule has 41 heavy (non-hydrogen) atoms. The largest absolute Gasteiger partial charge is 0.416 e. The van der Waals surface area contributed by atoms with Gasteiger partial charge in [-0.15, -0.1) is 0 Å². The second-order valence-electron chi connectivity index (χ2n) is 10.1. The molecule has 1 N–H and O–H groups in total. The van der Waals surface area contributed by atoms with E-state index in [1.807, 2.05) is 0 Å². The SMILES string of the molecule is Cc1noc(C)c1-c1cc(C(=O)N(Cc2ccc(S(=O)(=O)C3CC3)cc2)c2cccc(C(F)(F)F)c2)c(=O)[nH]c1C. The van der Waals surface area contributed by atoms with Crippen molar-refractivity contribution in [3.05, 3.63) is 98.8 Å². The molecule has 1 aliphatic rings. The van der Waals surface area contributed by atoms with Crippen molar-refractivity contribution in [2.24, 2.45) is 0 Å². The van der Waals surface area contributed by atoms with Crippen LogP contribution in [0.5, 0.6) is 0 Å². The molecule has 0 spiro atoms. The summed E-state index contributed by atoms with van der Waals surface area (Å²) in [5.41, 5.74) is 0.466. The smallest absolute Gasteiger partial charge is 0.361 e. The number of halogens is 3. The Morgan fingerprint density at radius 3 is 2.34 bits per heavy atom. The Kier molecular flexibility index (Phi) is 7.14. The molecule has 0 radical (unpaired) electrons. The molecule has 0 bridgehead atoms. The first-order valence-corrected chi connectivity index (χ1v) is 14.3. The highest BCUT2D eigenvalue weighted by molar-refractivity contribution is 7.92. The highest BCUT2D eigenvalue weighted by Gasteiger charge is 2.37. The molecule has 0 saturated heterocycles. The molecule has 2 aromatic heterocycles. The summed E-state index contributed by atoms with van der Waals surface area (Å²) < 4.78 is 71.2. The molecule has 1 aliphatic carbocycles. The molecule has 1 fully saturated rings. The molecule has 214 valence electrons. The number of hydrogen-bond donors (Lipinski definition) is 1. The van der Waals surface area contributed by atoms with E-state index in [1.165, 1.54) is 42.5 Å². The molecule has 4 aromatic rings. The fraction of sp³-hybridized carbons (Fsp3) is 0.276. The number of carbonyl (C=O) groups is 1. The van der Waals surface area contributed by atoms with Gasteiger partial charge in [0.1, 0.15) is 11.3 Å². The molecule has 2 aromatic carbocycles. The van der Waals surface area contributed by atoms with Gasteiger partial charge in [0.05, 0.1) is 27.9 Å². The number of carbonyl (C=O) groups excluding carboxylic acids is 1. The molecule has 1 saturated carbocycles. The average molecular weight is 586 g/mol. The summed E-state index contributed by atoms with van der Waals surface area (Å²) in [5, 5.41) is 3.52. The Bertz CT molecular complexity index is 1790. The van der Waals surface area contributed by atoms with E-state index in [0.717, 1.165) is 17.0 Å². The molecule has 0 atom stereocenters. The number of anilines is 1. The predicted octanol–water partition coefficient (Wildman–Crippen LogP) is 5.76. The topological polar surface area (TPSA) is 113 Å². The third kappa shape index (κ3) is 5.56. The molecule has 0 unspecified atom stereocenters. The second kappa shape index (κ2) is 10.3. The Labute approximate surface area is 233 Å². The molecule has 1 amide bonds. The van der Waals surface area contributed by atoms with Crippen molar-refractivity contribution in [3.63, 3.8) is 0 Å². The van der Waals surface area contributed by atoms with Crippen molar-refractivity contribution < 1.29 is 30.9 Å². The first-order chi connectivity index (χ1) is 19.3. The van der Waals surface area contributed by atoms with Crippen molar-refractivity contribution in [1.82, 2.24) is 10.1 Å². The van der Waals surface area contributed by atoms with Crippen molar-refractivity contribution >= 4 is 21.4 Å². The van der Waals surface area contributed by atoms with Gasteiger partial charge in [-0.3, -0.25) is 9.59 Å². The van der Waals surface area contributed by atoms with E-state index in [1.54, 1.807) is 20.8 Å². The summed E-state index contributed by atoms with van der Waals surface area (Å²) in [6, 6.07) is 11.5. The van der Waals surface area contributed by atoms with Crippen LogP contribution in [0, 0.1) is 20.8 Å². The number of H-pyrrole nitrogens is 1. The zero-order valence-corrected chi connectivity index (χ0v) is 23.2. The van der Waals surface area contributed by atoms with Gasteiger partial charge in [0.15, 0.2) is 9.84 Å². The minimum Gasteiger partial charge on any atom is -0.361 e. The number of aromatic amines is 1. The van der Waals surface area contributed by atoms with Crippen LogP contribution in [0.2, 0.25) is 0 Å². The van der Waals surface area contributed by atoms with Gasteiger partial charge < -0.3 is 14.4 Å². The van der Waals surface area contributed by atoms with Crippen LogP contribution < -0.4 is 10.5 Å². The van der Waals surface area contributed by atoms with E-state index in [-0.39, 0.29) is 22.7 Å². The maximum Gasteiger partial charge on any atom is 0.416 e. The number of aryl methyl sites for hydroxylation is 3. The number of aromatic nitrogens is 2. The zero-order chi connectivity index (χ0) is 29.7. The summed E-state index contributed by atoms with van der Waals surface area (Å²) >= 11 is 0. The highest BCUT2D eigenvalue weighted by Crippen LogP contribution is 2.35. The molecule has 0 aliphatic heterocycles. The van der Waals surface area contributed by atoms with Crippen LogP contribution in [0.3, 0.4) is 0 Å². The van der Waals surface area contributed by atoms with Gasteiger partial charge in [-0.1, -0.05) is 23.4 Å². The van der Waals surface area contributed by atoms with Gasteiger partial charge in [0.2, 0.25) is 0 Å². The first-order valence-electron chi connectivity index (χ1n) is 12.8. The Hall–Kier alpha value is -4.19. The normalized spacial score (nSPS) is 13.8. The van der Waals surface area contributed by atoms with Crippen molar-refractivity contribution in [2.75, 3.05) is 4.90 Å².